The third kappa shape index (κ3) is 3.67. The van der Waals surface area contributed by atoms with Gasteiger partial charge in [0.15, 0.2) is 9.84 Å². The van der Waals surface area contributed by atoms with Gasteiger partial charge in [-0.05, 0) is 45.0 Å². The molecule has 1 aromatic carbocycles. The van der Waals surface area contributed by atoms with Crippen molar-refractivity contribution in [2.75, 3.05) is 12.8 Å². The highest BCUT2D eigenvalue weighted by molar-refractivity contribution is 9.10. The summed E-state index contributed by atoms with van der Waals surface area (Å²) in [5.41, 5.74) is 0.823. The van der Waals surface area contributed by atoms with Crippen LogP contribution in [0.25, 0.3) is 11.0 Å². The third-order valence-corrected chi connectivity index (χ3v) is 6.41. The molecule has 1 heterocycles. The van der Waals surface area contributed by atoms with Gasteiger partial charge in [0.1, 0.15) is 11.3 Å². The van der Waals surface area contributed by atoms with Crippen LogP contribution in [0.15, 0.2) is 33.2 Å². The van der Waals surface area contributed by atoms with E-state index in [1.54, 1.807) is 13.8 Å². The van der Waals surface area contributed by atoms with Crippen LogP contribution in [0, 0.1) is 0 Å². The fourth-order valence-electron chi connectivity index (χ4n) is 1.88. The maximum absolute atomic E-state index is 11.7. The average molecular weight is 374 g/mol. The highest BCUT2D eigenvalue weighted by Crippen LogP contribution is 2.27. The Morgan fingerprint density at radius 1 is 1.33 bits per heavy atom. The Morgan fingerprint density at radius 3 is 2.62 bits per heavy atom. The summed E-state index contributed by atoms with van der Waals surface area (Å²) in [6.45, 7) is 5.77. The third-order valence-electron chi connectivity index (χ3n) is 3.76. The Hall–Kier alpha value is -0.850. The second kappa shape index (κ2) is 5.74. The zero-order chi connectivity index (χ0) is 15.8. The minimum absolute atomic E-state index is 0.0581. The first-order chi connectivity index (χ1) is 9.60. The van der Waals surface area contributed by atoms with Gasteiger partial charge in [-0.3, -0.25) is 0 Å². The van der Waals surface area contributed by atoms with E-state index in [2.05, 4.69) is 21.2 Å². The van der Waals surface area contributed by atoms with Gasteiger partial charge in [0.2, 0.25) is 0 Å². The van der Waals surface area contributed by atoms with E-state index in [0.717, 1.165) is 21.2 Å². The lowest BCUT2D eigenvalue weighted by Gasteiger charge is -2.24. The summed E-state index contributed by atoms with van der Waals surface area (Å²) in [6, 6.07) is 7.76. The van der Waals surface area contributed by atoms with Crippen LogP contribution in [0.5, 0.6) is 0 Å². The van der Waals surface area contributed by atoms with Crippen LogP contribution in [0.2, 0.25) is 0 Å². The Bertz CT molecular complexity index is 749. The topological polar surface area (TPSA) is 59.3 Å². The predicted octanol–water partition coefficient (Wildman–Crippen LogP) is 3.67. The molecule has 0 aliphatic heterocycles. The number of hydrogen-bond acceptors (Lipinski definition) is 4. The van der Waals surface area contributed by atoms with Crippen molar-refractivity contribution in [1.29, 1.82) is 0 Å². The molecule has 0 bridgehead atoms. The van der Waals surface area contributed by atoms with Gasteiger partial charge in [-0.1, -0.05) is 15.9 Å². The van der Waals surface area contributed by atoms with Gasteiger partial charge in [-0.15, -0.1) is 0 Å². The molecule has 1 atom stereocenters. The highest BCUT2D eigenvalue weighted by Gasteiger charge is 2.30. The largest absolute Gasteiger partial charge is 0.459 e. The monoisotopic (exact) mass is 373 g/mol. The molecule has 21 heavy (non-hydrogen) atoms. The van der Waals surface area contributed by atoms with E-state index in [1.807, 2.05) is 31.2 Å². The van der Waals surface area contributed by atoms with Crippen LogP contribution in [-0.4, -0.2) is 26.0 Å². The van der Waals surface area contributed by atoms with Gasteiger partial charge < -0.3 is 9.73 Å². The lowest BCUT2D eigenvalue weighted by atomic mass is 10.1. The molecule has 116 valence electrons. The van der Waals surface area contributed by atoms with Crippen molar-refractivity contribution in [3.05, 3.63) is 34.5 Å². The molecular formula is C15H20BrNO3S. The molecular weight excluding hydrogens is 354 g/mol. The molecule has 4 nitrogen and oxygen atoms in total. The zero-order valence-corrected chi connectivity index (χ0v) is 15.0. The first kappa shape index (κ1) is 16.5. The molecule has 2 rings (SSSR count). The van der Waals surface area contributed by atoms with Crippen molar-refractivity contribution in [2.24, 2.45) is 0 Å². The average Bonchev–Trinajstić information content (AvgIpc) is 2.77. The van der Waals surface area contributed by atoms with Crippen LogP contribution in [-0.2, 0) is 9.84 Å². The summed E-state index contributed by atoms with van der Waals surface area (Å²) in [4.78, 5) is 0. The number of fused-ring (bicyclic) bond motifs is 1. The van der Waals surface area contributed by atoms with E-state index in [-0.39, 0.29) is 6.04 Å². The van der Waals surface area contributed by atoms with Crippen molar-refractivity contribution in [1.82, 2.24) is 5.32 Å². The van der Waals surface area contributed by atoms with Crippen LogP contribution < -0.4 is 5.32 Å². The summed E-state index contributed by atoms with van der Waals surface area (Å²) >= 11 is 3.43. The molecule has 0 spiro atoms. The Balaban J connectivity index is 2.14. The van der Waals surface area contributed by atoms with Crippen molar-refractivity contribution in [2.45, 2.75) is 31.6 Å². The van der Waals surface area contributed by atoms with E-state index < -0.39 is 14.6 Å². The smallest absolute Gasteiger partial charge is 0.153 e. The fourth-order valence-corrected chi connectivity index (χ4v) is 2.60. The molecule has 0 aliphatic carbocycles. The lowest BCUT2D eigenvalue weighted by Crippen LogP contribution is -2.42. The van der Waals surface area contributed by atoms with Crippen molar-refractivity contribution in [3.63, 3.8) is 0 Å². The van der Waals surface area contributed by atoms with E-state index in [9.17, 15) is 8.42 Å². The number of sulfone groups is 1. The minimum atomic E-state index is -3.11. The number of benzene rings is 1. The van der Waals surface area contributed by atoms with E-state index in [0.29, 0.717) is 6.54 Å². The fraction of sp³-hybridized carbons (Fsp3) is 0.467. The van der Waals surface area contributed by atoms with E-state index in [4.69, 9.17) is 4.42 Å². The Kier molecular flexibility index (Phi) is 4.52. The van der Waals surface area contributed by atoms with E-state index >= 15 is 0 Å². The van der Waals surface area contributed by atoms with Gasteiger partial charge in [-0.2, -0.15) is 0 Å². The standard InChI is InChI=1S/C15H20BrNO3S/c1-10(17-9-15(2,3)21(4,18)19)14-8-11-7-12(16)5-6-13(11)20-14/h5-8,10,17H,9H2,1-4H3. The number of nitrogens with one attached hydrogen (secondary N) is 1. The molecule has 1 aromatic heterocycles. The maximum Gasteiger partial charge on any atom is 0.153 e. The number of hydrogen-bond donors (Lipinski definition) is 1. The van der Waals surface area contributed by atoms with Crippen molar-refractivity contribution in [3.8, 4) is 0 Å². The summed E-state index contributed by atoms with van der Waals surface area (Å²) < 4.78 is 29.4. The summed E-state index contributed by atoms with van der Waals surface area (Å²) in [5.74, 6) is 0.799. The molecule has 0 aliphatic rings. The first-order valence-electron chi connectivity index (χ1n) is 6.72. The van der Waals surface area contributed by atoms with Crippen LogP contribution in [0.3, 0.4) is 0 Å². The first-order valence-corrected chi connectivity index (χ1v) is 9.40. The van der Waals surface area contributed by atoms with Gasteiger partial charge in [0.25, 0.3) is 0 Å². The lowest BCUT2D eigenvalue weighted by molar-refractivity contribution is 0.428. The SMILES string of the molecule is CC(NCC(C)(C)S(C)(=O)=O)c1cc2cc(Br)ccc2o1. The van der Waals surface area contributed by atoms with Gasteiger partial charge >= 0.3 is 0 Å². The second-order valence-electron chi connectivity index (χ2n) is 5.97. The molecule has 1 unspecified atom stereocenters. The minimum Gasteiger partial charge on any atom is -0.459 e. The molecule has 1 N–H and O–H groups in total. The molecule has 0 saturated heterocycles. The maximum atomic E-state index is 11.7. The normalized spacial score (nSPS) is 14.5. The summed E-state index contributed by atoms with van der Waals surface area (Å²) in [5, 5.41) is 4.26. The van der Waals surface area contributed by atoms with E-state index in [1.165, 1.54) is 6.26 Å². The number of rotatable bonds is 5. The van der Waals surface area contributed by atoms with Crippen molar-refractivity contribution >= 4 is 36.7 Å². The van der Waals surface area contributed by atoms with Crippen LogP contribution in [0.1, 0.15) is 32.6 Å². The van der Waals surface area contributed by atoms with Crippen molar-refractivity contribution < 1.29 is 12.8 Å². The van der Waals surface area contributed by atoms with Crippen LogP contribution >= 0.6 is 15.9 Å². The molecule has 2 aromatic rings. The van der Waals surface area contributed by atoms with Gasteiger partial charge in [-0.25, -0.2) is 8.42 Å². The number of halogens is 1. The van der Waals surface area contributed by atoms with Crippen LogP contribution in [0.4, 0.5) is 0 Å². The second-order valence-corrected chi connectivity index (χ2v) is 9.53. The van der Waals surface area contributed by atoms with Gasteiger partial charge in [0, 0.05) is 22.7 Å². The highest BCUT2D eigenvalue weighted by atomic mass is 79.9. The molecule has 0 fully saturated rings. The molecule has 0 radical (unpaired) electrons. The summed E-state index contributed by atoms with van der Waals surface area (Å²) in [6.07, 6.45) is 1.26. The van der Waals surface area contributed by atoms with Gasteiger partial charge in [0.05, 0.1) is 10.8 Å². The zero-order valence-electron chi connectivity index (χ0n) is 12.6. The molecule has 6 heteroatoms. The molecule has 0 saturated carbocycles. The predicted molar refractivity (Wildman–Crippen MR) is 89.3 cm³/mol. The Morgan fingerprint density at radius 2 is 2.00 bits per heavy atom. The molecule has 0 amide bonds. The Labute approximate surface area is 134 Å². The summed E-state index contributed by atoms with van der Waals surface area (Å²) in [7, 11) is -3.11. The quantitative estimate of drug-likeness (QED) is 0.868. The number of furan rings is 1.